The molecule has 1 saturated heterocycles. The maximum Gasteiger partial charge on any atom is 0.0954 e. The van der Waals surface area contributed by atoms with Gasteiger partial charge in [0.25, 0.3) is 0 Å². The maximum absolute atomic E-state index is 4.69. The molecule has 90 valence electrons. The number of thiazole rings is 1. The Balaban J connectivity index is 1.92. The first-order chi connectivity index (χ1) is 7.65. The van der Waals surface area contributed by atoms with Crippen molar-refractivity contribution in [3.8, 4) is 0 Å². The summed E-state index contributed by atoms with van der Waals surface area (Å²) in [5, 5.41) is 6.93. The summed E-state index contributed by atoms with van der Waals surface area (Å²) in [6, 6.07) is 0.608. The second-order valence-corrected chi connectivity index (χ2v) is 5.81. The van der Waals surface area contributed by atoms with E-state index in [9.17, 15) is 0 Å². The van der Waals surface area contributed by atoms with Crippen LogP contribution in [0.5, 0.6) is 0 Å². The van der Waals surface area contributed by atoms with Gasteiger partial charge in [0, 0.05) is 43.5 Å². The molecule has 4 heteroatoms. The number of aromatic nitrogens is 1. The number of hydrogen-bond donors (Lipinski definition) is 1. The Morgan fingerprint density at radius 2 is 2.44 bits per heavy atom. The molecule has 0 saturated carbocycles. The van der Waals surface area contributed by atoms with Crippen LogP contribution in [0.1, 0.15) is 37.4 Å². The van der Waals surface area contributed by atoms with E-state index in [-0.39, 0.29) is 0 Å². The lowest BCUT2D eigenvalue weighted by atomic mass is 10.2. The van der Waals surface area contributed by atoms with Crippen LogP contribution in [0.4, 0.5) is 0 Å². The normalized spacial score (nSPS) is 22.9. The van der Waals surface area contributed by atoms with Gasteiger partial charge in [0.2, 0.25) is 0 Å². The minimum absolute atomic E-state index is 0.556. The summed E-state index contributed by atoms with van der Waals surface area (Å²) < 4.78 is 0. The van der Waals surface area contributed by atoms with Crippen LogP contribution >= 0.6 is 11.3 Å². The van der Waals surface area contributed by atoms with Crippen LogP contribution in [0.3, 0.4) is 0 Å². The summed E-state index contributed by atoms with van der Waals surface area (Å²) in [4.78, 5) is 7.17. The zero-order valence-electron chi connectivity index (χ0n) is 10.4. The Labute approximate surface area is 102 Å². The lowest BCUT2D eigenvalue weighted by Gasteiger charge is -2.31. The predicted molar refractivity (Wildman–Crippen MR) is 68.9 cm³/mol. The van der Waals surface area contributed by atoms with Gasteiger partial charge in [-0.3, -0.25) is 4.90 Å². The first kappa shape index (κ1) is 12.0. The van der Waals surface area contributed by atoms with Crippen LogP contribution in [-0.4, -0.2) is 35.6 Å². The van der Waals surface area contributed by atoms with Crippen LogP contribution in [0.15, 0.2) is 5.38 Å². The zero-order chi connectivity index (χ0) is 11.5. The minimum atomic E-state index is 0.556. The summed E-state index contributed by atoms with van der Waals surface area (Å²) in [6.07, 6.45) is 0. The SMILES string of the molecule is CC(C)c1nc(CN2CCN[C@@H](C)C2)cs1. The second kappa shape index (κ2) is 5.25. The molecule has 2 heterocycles. The average molecular weight is 239 g/mol. The molecule has 1 aromatic heterocycles. The first-order valence-corrected chi connectivity index (χ1v) is 6.93. The van der Waals surface area contributed by atoms with Crippen LogP contribution in [0.2, 0.25) is 0 Å². The third-order valence-corrected chi connectivity index (χ3v) is 4.10. The Kier molecular flexibility index (Phi) is 3.95. The Morgan fingerprint density at radius 3 is 3.06 bits per heavy atom. The molecule has 1 aliphatic rings. The van der Waals surface area contributed by atoms with Gasteiger partial charge in [-0.05, 0) is 6.92 Å². The molecule has 0 amide bonds. The largest absolute Gasteiger partial charge is 0.312 e. The van der Waals surface area contributed by atoms with Crippen molar-refractivity contribution in [1.82, 2.24) is 15.2 Å². The van der Waals surface area contributed by atoms with Crippen molar-refractivity contribution in [2.24, 2.45) is 0 Å². The van der Waals surface area contributed by atoms with E-state index in [1.54, 1.807) is 11.3 Å². The molecule has 0 aliphatic carbocycles. The number of piperazine rings is 1. The number of rotatable bonds is 3. The molecule has 16 heavy (non-hydrogen) atoms. The van der Waals surface area contributed by atoms with Gasteiger partial charge in [0.15, 0.2) is 0 Å². The fraction of sp³-hybridized carbons (Fsp3) is 0.750. The third kappa shape index (κ3) is 3.03. The Morgan fingerprint density at radius 1 is 1.62 bits per heavy atom. The van der Waals surface area contributed by atoms with Gasteiger partial charge < -0.3 is 5.32 Å². The van der Waals surface area contributed by atoms with Gasteiger partial charge in [-0.2, -0.15) is 0 Å². The fourth-order valence-electron chi connectivity index (χ4n) is 2.05. The lowest BCUT2D eigenvalue weighted by molar-refractivity contribution is 0.198. The van der Waals surface area contributed by atoms with E-state index in [2.05, 4.69) is 41.4 Å². The highest BCUT2D eigenvalue weighted by atomic mass is 32.1. The number of nitrogens with one attached hydrogen (secondary N) is 1. The first-order valence-electron chi connectivity index (χ1n) is 6.05. The Hall–Kier alpha value is -0.450. The molecule has 1 atom stereocenters. The molecule has 0 bridgehead atoms. The van der Waals surface area contributed by atoms with Gasteiger partial charge in [0.1, 0.15) is 0 Å². The van der Waals surface area contributed by atoms with E-state index in [4.69, 9.17) is 0 Å². The topological polar surface area (TPSA) is 28.2 Å². The summed E-state index contributed by atoms with van der Waals surface area (Å²) in [7, 11) is 0. The molecular weight excluding hydrogens is 218 g/mol. The van der Waals surface area contributed by atoms with E-state index >= 15 is 0 Å². The molecule has 1 N–H and O–H groups in total. The van der Waals surface area contributed by atoms with E-state index in [1.807, 2.05) is 0 Å². The van der Waals surface area contributed by atoms with Gasteiger partial charge in [-0.25, -0.2) is 4.98 Å². The summed E-state index contributed by atoms with van der Waals surface area (Å²) >= 11 is 1.79. The molecule has 0 radical (unpaired) electrons. The highest BCUT2D eigenvalue weighted by Crippen LogP contribution is 2.20. The van der Waals surface area contributed by atoms with Crippen LogP contribution in [0, 0.1) is 0 Å². The minimum Gasteiger partial charge on any atom is -0.312 e. The highest BCUT2D eigenvalue weighted by molar-refractivity contribution is 7.09. The molecule has 0 unspecified atom stereocenters. The smallest absolute Gasteiger partial charge is 0.0954 e. The van der Waals surface area contributed by atoms with Gasteiger partial charge in [-0.15, -0.1) is 11.3 Å². The van der Waals surface area contributed by atoms with Crippen molar-refractivity contribution in [2.75, 3.05) is 19.6 Å². The standard InChI is InChI=1S/C12H21N3S/c1-9(2)12-14-11(8-16-12)7-15-5-4-13-10(3)6-15/h8-10,13H,4-7H2,1-3H3/t10-/m0/s1. The van der Waals surface area contributed by atoms with E-state index < -0.39 is 0 Å². The summed E-state index contributed by atoms with van der Waals surface area (Å²) in [5.41, 5.74) is 1.24. The van der Waals surface area contributed by atoms with E-state index in [0.29, 0.717) is 12.0 Å². The Bertz CT molecular complexity index is 335. The van der Waals surface area contributed by atoms with Crippen molar-refractivity contribution < 1.29 is 0 Å². The van der Waals surface area contributed by atoms with Crippen molar-refractivity contribution in [1.29, 1.82) is 0 Å². The highest BCUT2D eigenvalue weighted by Gasteiger charge is 2.16. The number of nitrogens with zero attached hydrogens (tertiary/aromatic N) is 2. The van der Waals surface area contributed by atoms with E-state index in [0.717, 1.165) is 26.2 Å². The summed E-state index contributed by atoms with van der Waals surface area (Å²) in [5.74, 6) is 0.556. The second-order valence-electron chi connectivity index (χ2n) is 4.92. The molecule has 2 rings (SSSR count). The zero-order valence-corrected chi connectivity index (χ0v) is 11.2. The molecule has 0 aromatic carbocycles. The predicted octanol–water partition coefficient (Wildman–Crippen LogP) is 2.06. The molecule has 3 nitrogen and oxygen atoms in total. The molecular formula is C12H21N3S. The quantitative estimate of drug-likeness (QED) is 0.875. The van der Waals surface area contributed by atoms with Gasteiger partial charge in [-0.1, -0.05) is 13.8 Å². The van der Waals surface area contributed by atoms with Crippen molar-refractivity contribution >= 4 is 11.3 Å². The van der Waals surface area contributed by atoms with Crippen molar-refractivity contribution in [3.63, 3.8) is 0 Å². The molecule has 1 aliphatic heterocycles. The van der Waals surface area contributed by atoms with Crippen LogP contribution in [0.25, 0.3) is 0 Å². The molecule has 1 aromatic rings. The van der Waals surface area contributed by atoms with Crippen molar-refractivity contribution in [3.05, 3.63) is 16.1 Å². The third-order valence-electron chi connectivity index (χ3n) is 2.90. The lowest BCUT2D eigenvalue weighted by Crippen LogP contribution is -2.48. The van der Waals surface area contributed by atoms with Gasteiger partial charge in [0.05, 0.1) is 10.7 Å². The molecule has 0 spiro atoms. The number of hydrogen-bond acceptors (Lipinski definition) is 4. The summed E-state index contributed by atoms with van der Waals surface area (Å²) in [6.45, 7) is 11.0. The molecule has 1 fully saturated rings. The average Bonchev–Trinajstić information content (AvgIpc) is 2.66. The van der Waals surface area contributed by atoms with Crippen LogP contribution in [-0.2, 0) is 6.54 Å². The van der Waals surface area contributed by atoms with Gasteiger partial charge >= 0.3 is 0 Å². The van der Waals surface area contributed by atoms with Crippen LogP contribution < -0.4 is 5.32 Å². The van der Waals surface area contributed by atoms with Crippen molar-refractivity contribution in [2.45, 2.75) is 39.3 Å². The monoisotopic (exact) mass is 239 g/mol. The maximum atomic E-state index is 4.69. The fourth-order valence-corrected chi connectivity index (χ4v) is 2.87. The van der Waals surface area contributed by atoms with E-state index in [1.165, 1.54) is 10.7 Å².